The second-order valence-electron chi connectivity index (χ2n) is 5.22. The molecule has 0 unspecified atom stereocenters. The van der Waals surface area contributed by atoms with Crippen molar-refractivity contribution in [2.45, 2.75) is 46.0 Å². The topological polar surface area (TPSA) is 67.5 Å². The van der Waals surface area contributed by atoms with Crippen molar-refractivity contribution in [1.82, 2.24) is 0 Å². The van der Waals surface area contributed by atoms with E-state index < -0.39 is 5.63 Å². The summed E-state index contributed by atoms with van der Waals surface area (Å²) in [7, 11) is 0. The van der Waals surface area contributed by atoms with Crippen molar-refractivity contribution in [3.63, 3.8) is 0 Å². The summed E-state index contributed by atoms with van der Waals surface area (Å²) in [6.07, 6.45) is 3.85. The van der Waals surface area contributed by atoms with E-state index in [9.17, 15) is 14.7 Å². The van der Waals surface area contributed by atoms with Gasteiger partial charge in [-0.2, -0.15) is 0 Å². The minimum atomic E-state index is -0.764. The van der Waals surface area contributed by atoms with E-state index in [0.29, 0.717) is 17.4 Å². The van der Waals surface area contributed by atoms with E-state index in [1.54, 1.807) is 12.1 Å². The van der Waals surface area contributed by atoms with Crippen molar-refractivity contribution in [3.05, 3.63) is 39.7 Å². The van der Waals surface area contributed by atoms with Gasteiger partial charge in [0.25, 0.3) is 0 Å². The van der Waals surface area contributed by atoms with Crippen LogP contribution in [0.1, 0.15) is 55.5 Å². The van der Waals surface area contributed by atoms with E-state index in [1.807, 2.05) is 13.0 Å². The Balaban J connectivity index is 2.56. The lowest BCUT2D eigenvalue weighted by atomic mass is 10.0. The molecule has 0 saturated heterocycles. The smallest absolute Gasteiger partial charge is 0.351 e. The Morgan fingerprint density at radius 1 is 1.24 bits per heavy atom. The standard InChI is InChI=1S/C17H20O4/c1-3-5-7-11-8-9-14-12(10-11)16(19)15(17(20)21-14)13(18)6-4-2/h8-10,19H,3-7H2,1-2H3. The van der Waals surface area contributed by atoms with Gasteiger partial charge in [0, 0.05) is 6.42 Å². The number of ketones is 1. The number of benzene rings is 1. The fourth-order valence-corrected chi connectivity index (χ4v) is 2.37. The summed E-state index contributed by atoms with van der Waals surface area (Å²) < 4.78 is 5.16. The molecule has 112 valence electrons. The van der Waals surface area contributed by atoms with Crippen LogP contribution in [0.25, 0.3) is 11.0 Å². The third kappa shape index (κ3) is 3.15. The molecule has 0 atom stereocenters. The van der Waals surface area contributed by atoms with Gasteiger partial charge in [0.15, 0.2) is 5.78 Å². The minimum Gasteiger partial charge on any atom is -0.506 e. The van der Waals surface area contributed by atoms with Crippen LogP contribution in [0.4, 0.5) is 0 Å². The largest absolute Gasteiger partial charge is 0.506 e. The van der Waals surface area contributed by atoms with Crippen molar-refractivity contribution >= 4 is 16.8 Å². The molecule has 0 aliphatic heterocycles. The number of carbonyl (C=O) groups excluding carboxylic acids is 1. The van der Waals surface area contributed by atoms with Gasteiger partial charge in [0.2, 0.25) is 0 Å². The Hall–Kier alpha value is -2.10. The van der Waals surface area contributed by atoms with Crippen LogP contribution in [0.2, 0.25) is 0 Å². The fourth-order valence-electron chi connectivity index (χ4n) is 2.37. The molecule has 0 aliphatic rings. The SMILES string of the molecule is CCCCc1ccc2oc(=O)c(C(=O)CCC)c(O)c2c1. The number of fused-ring (bicyclic) bond motifs is 1. The number of unbranched alkanes of at least 4 members (excludes halogenated alkanes) is 1. The summed E-state index contributed by atoms with van der Waals surface area (Å²) in [4.78, 5) is 23.8. The molecule has 21 heavy (non-hydrogen) atoms. The third-order valence-electron chi connectivity index (χ3n) is 3.52. The monoisotopic (exact) mass is 288 g/mol. The van der Waals surface area contributed by atoms with Crippen LogP contribution in [-0.2, 0) is 6.42 Å². The lowest BCUT2D eigenvalue weighted by Crippen LogP contribution is -2.14. The predicted octanol–water partition coefficient (Wildman–Crippen LogP) is 3.82. The second kappa shape index (κ2) is 6.57. The van der Waals surface area contributed by atoms with Gasteiger partial charge in [-0.05, 0) is 37.0 Å². The zero-order valence-electron chi connectivity index (χ0n) is 12.4. The van der Waals surface area contributed by atoms with Crippen LogP contribution in [0.15, 0.2) is 27.4 Å². The molecule has 0 aliphatic carbocycles. The van der Waals surface area contributed by atoms with Crippen LogP contribution in [0.5, 0.6) is 5.75 Å². The molecular formula is C17H20O4. The summed E-state index contributed by atoms with van der Waals surface area (Å²) in [5, 5.41) is 10.7. The minimum absolute atomic E-state index is 0.222. The molecule has 0 radical (unpaired) electrons. The molecule has 4 nitrogen and oxygen atoms in total. The molecule has 1 aromatic carbocycles. The molecule has 1 heterocycles. The van der Waals surface area contributed by atoms with Gasteiger partial charge in [-0.25, -0.2) is 4.79 Å². The molecule has 2 rings (SSSR count). The molecule has 0 spiro atoms. The Morgan fingerprint density at radius 2 is 2.00 bits per heavy atom. The Bertz CT molecular complexity index is 713. The summed E-state index contributed by atoms with van der Waals surface area (Å²) >= 11 is 0. The Morgan fingerprint density at radius 3 is 2.67 bits per heavy atom. The molecule has 2 aromatic rings. The van der Waals surface area contributed by atoms with E-state index in [2.05, 4.69) is 6.92 Å². The van der Waals surface area contributed by atoms with Crippen molar-refractivity contribution in [2.75, 3.05) is 0 Å². The van der Waals surface area contributed by atoms with Crippen molar-refractivity contribution < 1.29 is 14.3 Å². The van der Waals surface area contributed by atoms with Gasteiger partial charge in [-0.15, -0.1) is 0 Å². The van der Waals surface area contributed by atoms with Crippen molar-refractivity contribution in [3.8, 4) is 5.75 Å². The molecule has 0 bridgehead atoms. The lowest BCUT2D eigenvalue weighted by Gasteiger charge is -2.07. The average Bonchev–Trinajstić information content (AvgIpc) is 2.45. The van der Waals surface area contributed by atoms with E-state index in [4.69, 9.17) is 4.42 Å². The number of carbonyl (C=O) groups is 1. The molecule has 4 heteroatoms. The van der Waals surface area contributed by atoms with E-state index in [0.717, 1.165) is 24.8 Å². The Kier molecular flexibility index (Phi) is 4.78. The quantitative estimate of drug-likeness (QED) is 0.648. The number of rotatable bonds is 6. The third-order valence-corrected chi connectivity index (χ3v) is 3.52. The molecule has 0 fully saturated rings. The summed E-state index contributed by atoms with van der Waals surface area (Å²) in [5.41, 5.74) is 0.380. The molecule has 0 saturated carbocycles. The van der Waals surface area contributed by atoms with Crippen LogP contribution < -0.4 is 5.63 Å². The first-order valence-corrected chi connectivity index (χ1v) is 7.40. The van der Waals surface area contributed by atoms with Crippen LogP contribution in [0.3, 0.4) is 0 Å². The first-order chi connectivity index (χ1) is 10.1. The normalized spacial score (nSPS) is 11.0. The highest BCUT2D eigenvalue weighted by Gasteiger charge is 2.20. The van der Waals surface area contributed by atoms with Crippen molar-refractivity contribution in [1.29, 1.82) is 0 Å². The van der Waals surface area contributed by atoms with Gasteiger partial charge in [-0.3, -0.25) is 4.79 Å². The van der Waals surface area contributed by atoms with Gasteiger partial charge < -0.3 is 9.52 Å². The maximum Gasteiger partial charge on any atom is 0.351 e. The fraction of sp³-hybridized carbons (Fsp3) is 0.412. The first-order valence-electron chi connectivity index (χ1n) is 7.40. The second-order valence-corrected chi connectivity index (χ2v) is 5.22. The zero-order valence-corrected chi connectivity index (χ0v) is 12.4. The summed E-state index contributed by atoms with van der Waals surface area (Å²) in [5.74, 6) is -0.623. The zero-order chi connectivity index (χ0) is 15.4. The highest BCUT2D eigenvalue weighted by molar-refractivity contribution is 6.02. The maximum absolute atomic E-state index is 12.0. The predicted molar refractivity (Wildman–Crippen MR) is 82.0 cm³/mol. The van der Waals surface area contributed by atoms with Crippen LogP contribution >= 0.6 is 0 Å². The molecule has 0 amide bonds. The van der Waals surface area contributed by atoms with Gasteiger partial charge in [0.1, 0.15) is 16.9 Å². The van der Waals surface area contributed by atoms with Crippen molar-refractivity contribution in [2.24, 2.45) is 0 Å². The highest BCUT2D eigenvalue weighted by Crippen LogP contribution is 2.28. The highest BCUT2D eigenvalue weighted by atomic mass is 16.4. The molecule has 1 aromatic heterocycles. The first kappa shape index (κ1) is 15.3. The average molecular weight is 288 g/mol. The van der Waals surface area contributed by atoms with Crippen LogP contribution in [-0.4, -0.2) is 10.9 Å². The number of Topliss-reactive ketones (excluding diaryl/α,β-unsaturated/α-hetero) is 1. The Labute approximate surface area is 123 Å². The maximum atomic E-state index is 12.0. The van der Waals surface area contributed by atoms with Gasteiger partial charge in [0.05, 0.1) is 5.39 Å². The van der Waals surface area contributed by atoms with E-state index in [-0.39, 0.29) is 23.5 Å². The number of hydrogen-bond donors (Lipinski definition) is 1. The number of aryl methyl sites for hydroxylation is 1. The lowest BCUT2D eigenvalue weighted by molar-refractivity contribution is 0.0975. The van der Waals surface area contributed by atoms with Gasteiger partial charge in [-0.1, -0.05) is 26.3 Å². The summed E-state index contributed by atoms with van der Waals surface area (Å²) in [6.45, 7) is 3.96. The van der Waals surface area contributed by atoms with E-state index in [1.165, 1.54) is 0 Å². The number of aromatic hydroxyl groups is 1. The number of hydrogen-bond acceptors (Lipinski definition) is 4. The van der Waals surface area contributed by atoms with Gasteiger partial charge >= 0.3 is 5.63 Å². The van der Waals surface area contributed by atoms with Crippen LogP contribution in [0, 0.1) is 0 Å². The molecule has 1 N–H and O–H groups in total. The van der Waals surface area contributed by atoms with E-state index >= 15 is 0 Å². The summed E-state index contributed by atoms with van der Waals surface area (Å²) in [6, 6.07) is 5.36. The molecular weight excluding hydrogens is 268 g/mol.